The molecule has 2 N–H and O–H groups in total. The molecule has 5 heteroatoms. The van der Waals surface area contributed by atoms with E-state index >= 15 is 0 Å². The molecule has 0 aliphatic heterocycles. The Hall–Kier alpha value is -1.36. The summed E-state index contributed by atoms with van der Waals surface area (Å²) in [4.78, 5) is 10.8. The van der Waals surface area contributed by atoms with Crippen molar-refractivity contribution in [3.05, 3.63) is 12.4 Å². The molecule has 0 spiro atoms. The summed E-state index contributed by atoms with van der Waals surface area (Å²) < 4.78 is 0. The van der Waals surface area contributed by atoms with Crippen molar-refractivity contribution in [2.75, 3.05) is 30.4 Å². The average Bonchev–Trinajstić information content (AvgIpc) is 2.28. The van der Waals surface area contributed by atoms with Gasteiger partial charge in [0.05, 0.1) is 18.5 Å². The van der Waals surface area contributed by atoms with Crippen molar-refractivity contribution in [2.45, 2.75) is 25.9 Å². The van der Waals surface area contributed by atoms with Gasteiger partial charge in [-0.1, -0.05) is 0 Å². The van der Waals surface area contributed by atoms with E-state index in [1.807, 2.05) is 14.0 Å². The Labute approximate surface area is 102 Å². The van der Waals surface area contributed by atoms with Crippen molar-refractivity contribution in [2.24, 2.45) is 5.92 Å². The number of aliphatic hydroxyl groups excluding tert-OH is 1. The van der Waals surface area contributed by atoms with Gasteiger partial charge in [-0.2, -0.15) is 0 Å². The lowest BCUT2D eigenvalue weighted by molar-refractivity contribution is 0.0464. The zero-order valence-electron chi connectivity index (χ0n) is 10.4. The smallest absolute Gasteiger partial charge is 0.149 e. The van der Waals surface area contributed by atoms with E-state index in [9.17, 15) is 5.11 Å². The standard InChI is InChI=1S/C12H20N4O/c1-3-14-11-6-13-7-12(15-11)16(2)8-9-4-10(17)5-9/h6-7,9-10,17H,3-5,8H2,1-2H3,(H,14,15). The van der Waals surface area contributed by atoms with Crippen LogP contribution < -0.4 is 10.2 Å². The number of aliphatic hydroxyl groups is 1. The molecule has 1 saturated carbocycles. The fourth-order valence-electron chi connectivity index (χ4n) is 2.14. The van der Waals surface area contributed by atoms with E-state index in [2.05, 4.69) is 20.2 Å². The van der Waals surface area contributed by atoms with E-state index in [0.717, 1.165) is 37.6 Å². The summed E-state index contributed by atoms with van der Waals surface area (Å²) in [5.41, 5.74) is 0. The third-order valence-electron chi connectivity index (χ3n) is 3.11. The number of hydrogen-bond donors (Lipinski definition) is 2. The molecule has 0 aromatic carbocycles. The second-order valence-electron chi connectivity index (χ2n) is 4.66. The first-order valence-electron chi connectivity index (χ1n) is 6.14. The van der Waals surface area contributed by atoms with Crippen LogP contribution in [-0.2, 0) is 0 Å². The van der Waals surface area contributed by atoms with Crippen molar-refractivity contribution < 1.29 is 5.11 Å². The first-order chi connectivity index (χ1) is 8.19. The Kier molecular flexibility index (Phi) is 3.78. The summed E-state index contributed by atoms with van der Waals surface area (Å²) in [5.74, 6) is 2.27. The predicted molar refractivity (Wildman–Crippen MR) is 68.2 cm³/mol. The maximum absolute atomic E-state index is 9.26. The maximum Gasteiger partial charge on any atom is 0.149 e. The molecule has 2 rings (SSSR count). The second kappa shape index (κ2) is 5.31. The molecule has 1 fully saturated rings. The number of aromatic nitrogens is 2. The van der Waals surface area contributed by atoms with E-state index < -0.39 is 0 Å². The first-order valence-corrected chi connectivity index (χ1v) is 6.14. The van der Waals surface area contributed by atoms with Crippen LogP contribution in [-0.4, -0.2) is 41.3 Å². The number of hydrogen-bond acceptors (Lipinski definition) is 5. The van der Waals surface area contributed by atoms with Crippen LogP contribution in [0.15, 0.2) is 12.4 Å². The van der Waals surface area contributed by atoms with Crippen LogP contribution in [0.1, 0.15) is 19.8 Å². The minimum absolute atomic E-state index is 0.0902. The molecule has 1 aliphatic rings. The van der Waals surface area contributed by atoms with E-state index in [0.29, 0.717) is 5.92 Å². The molecule has 5 nitrogen and oxygen atoms in total. The monoisotopic (exact) mass is 236 g/mol. The van der Waals surface area contributed by atoms with Gasteiger partial charge in [-0.05, 0) is 25.7 Å². The van der Waals surface area contributed by atoms with Crippen LogP contribution >= 0.6 is 0 Å². The molecule has 0 radical (unpaired) electrons. The van der Waals surface area contributed by atoms with Gasteiger partial charge >= 0.3 is 0 Å². The molecular formula is C12H20N4O. The molecule has 1 aromatic heterocycles. The minimum atomic E-state index is -0.0902. The summed E-state index contributed by atoms with van der Waals surface area (Å²) in [5, 5.41) is 12.4. The average molecular weight is 236 g/mol. The molecule has 94 valence electrons. The van der Waals surface area contributed by atoms with Crippen molar-refractivity contribution in [3.63, 3.8) is 0 Å². The molecule has 0 saturated heterocycles. The van der Waals surface area contributed by atoms with Crippen LogP contribution in [0.3, 0.4) is 0 Å². The fraction of sp³-hybridized carbons (Fsp3) is 0.667. The summed E-state index contributed by atoms with van der Waals surface area (Å²) in [6, 6.07) is 0. The van der Waals surface area contributed by atoms with Crippen LogP contribution in [0, 0.1) is 5.92 Å². The number of rotatable bonds is 5. The highest BCUT2D eigenvalue weighted by molar-refractivity contribution is 5.43. The normalized spacial score (nSPS) is 23.0. The summed E-state index contributed by atoms with van der Waals surface area (Å²) in [7, 11) is 2.02. The Balaban J connectivity index is 1.93. The quantitative estimate of drug-likeness (QED) is 0.802. The summed E-state index contributed by atoms with van der Waals surface area (Å²) in [6.07, 6.45) is 5.23. The Morgan fingerprint density at radius 2 is 2.24 bits per heavy atom. The molecule has 1 heterocycles. The zero-order chi connectivity index (χ0) is 12.3. The highest BCUT2D eigenvalue weighted by Crippen LogP contribution is 2.28. The second-order valence-corrected chi connectivity index (χ2v) is 4.66. The highest BCUT2D eigenvalue weighted by Gasteiger charge is 2.28. The number of anilines is 2. The first kappa shape index (κ1) is 12.1. The van der Waals surface area contributed by atoms with E-state index in [1.54, 1.807) is 12.4 Å². The van der Waals surface area contributed by atoms with Crippen molar-refractivity contribution in [1.29, 1.82) is 0 Å². The summed E-state index contributed by atoms with van der Waals surface area (Å²) >= 11 is 0. The zero-order valence-corrected chi connectivity index (χ0v) is 10.4. The molecule has 0 unspecified atom stereocenters. The molecule has 1 aliphatic carbocycles. The topological polar surface area (TPSA) is 61.3 Å². The van der Waals surface area contributed by atoms with E-state index in [1.165, 1.54) is 0 Å². The predicted octanol–water partition coefficient (Wildman–Crippen LogP) is 1.12. The molecule has 0 atom stereocenters. The van der Waals surface area contributed by atoms with Crippen LogP contribution in [0.2, 0.25) is 0 Å². The lowest BCUT2D eigenvalue weighted by Crippen LogP contribution is -2.37. The van der Waals surface area contributed by atoms with Crippen LogP contribution in [0.25, 0.3) is 0 Å². The molecule has 17 heavy (non-hydrogen) atoms. The number of nitrogens with one attached hydrogen (secondary N) is 1. The van der Waals surface area contributed by atoms with E-state index in [4.69, 9.17) is 0 Å². The molecule has 1 aromatic rings. The van der Waals surface area contributed by atoms with Crippen molar-refractivity contribution >= 4 is 11.6 Å². The fourth-order valence-corrected chi connectivity index (χ4v) is 2.14. The molecule has 0 amide bonds. The van der Waals surface area contributed by atoms with Gasteiger partial charge < -0.3 is 15.3 Å². The minimum Gasteiger partial charge on any atom is -0.393 e. The maximum atomic E-state index is 9.26. The van der Waals surface area contributed by atoms with Gasteiger partial charge in [-0.15, -0.1) is 0 Å². The van der Waals surface area contributed by atoms with Gasteiger partial charge in [0.1, 0.15) is 11.6 Å². The Bertz CT molecular complexity index is 365. The van der Waals surface area contributed by atoms with Gasteiger partial charge in [-0.3, -0.25) is 4.98 Å². The Morgan fingerprint density at radius 3 is 2.88 bits per heavy atom. The Morgan fingerprint density at radius 1 is 1.47 bits per heavy atom. The van der Waals surface area contributed by atoms with Gasteiger partial charge in [0, 0.05) is 20.1 Å². The molecular weight excluding hydrogens is 216 g/mol. The largest absolute Gasteiger partial charge is 0.393 e. The van der Waals surface area contributed by atoms with Gasteiger partial charge in [0.25, 0.3) is 0 Å². The SMILES string of the molecule is CCNc1cncc(N(C)CC2CC(O)C2)n1. The van der Waals surface area contributed by atoms with Crippen molar-refractivity contribution in [3.8, 4) is 0 Å². The highest BCUT2D eigenvalue weighted by atomic mass is 16.3. The van der Waals surface area contributed by atoms with Crippen molar-refractivity contribution in [1.82, 2.24) is 9.97 Å². The van der Waals surface area contributed by atoms with Gasteiger partial charge in [0.2, 0.25) is 0 Å². The van der Waals surface area contributed by atoms with Crippen LogP contribution in [0.4, 0.5) is 11.6 Å². The third kappa shape index (κ3) is 3.06. The lowest BCUT2D eigenvalue weighted by atomic mass is 9.82. The van der Waals surface area contributed by atoms with E-state index in [-0.39, 0.29) is 6.10 Å². The van der Waals surface area contributed by atoms with Gasteiger partial charge in [-0.25, -0.2) is 4.98 Å². The number of nitrogens with zero attached hydrogens (tertiary/aromatic N) is 3. The van der Waals surface area contributed by atoms with Gasteiger partial charge in [0.15, 0.2) is 0 Å². The molecule has 0 bridgehead atoms. The summed E-state index contributed by atoms with van der Waals surface area (Å²) in [6.45, 7) is 3.81. The third-order valence-corrected chi connectivity index (χ3v) is 3.11. The van der Waals surface area contributed by atoms with Crippen LogP contribution in [0.5, 0.6) is 0 Å². The lowest BCUT2D eigenvalue weighted by Gasteiger charge is -2.34.